The highest BCUT2D eigenvalue weighted by Crippen LogP contribution is 2.25. The maximum Gasteiger partial charge on any atom is 0.291 e. The molecule has 0 unspecified atom stereocenters. The lowest BCUT2D eigenvalue weighted by molar-refractivity contribution is 0.0991. The lowest BCUT2D eigenvalue weighted by atomic mass is 10.1. The molecule has 3 rings (SSSR count). The van der Waals surface area contributed by atoms with Crippen molar-refractivity contribution in [3.05, 3.63) is 52.5 Å². The maximum atomic E-state index is 12.5. The molecule has 1 amide bonds. The average molecular weight is 420 g/mol. The zero-order chi connectivity index (χ0) is 20.5. The number of carbonyl (C=O) groups is 1. The van der Waals surface area contributed by atoms with Gasteiger partial charge in [-0.15, -0.1) is 11.3 Å². The second-order valence-electron chi connectivity index (χ2n) is 7.26. The zero-order valence-electron chi connectivity index (χ0n) is 15.9. The Morgan fingerprint density at radius 3 is 2.57 bits per heavy atom. The number of thiazole rings is 1. The Morgan fingerprint density at radius 2 is 1.93 bits per heavy atom. The van der Waals surface area contributed by atoms with Crippen molar-refractivity contribution in [3.63, 3.8) is 0 Å². The number of aromatic nitrogens is 1. The van der Waals surface area contributed by atoms with Crippen molar-refractivity contribution >= 4 is 33.0 Å². The molecule has 2 aromatic heterocycles. The SMILES string of the molecule is Cc1nc(-c2cccc(NC(=O)c3ccc(S(=O)(=O)NC(C)(C)C)o3)c2)cs1. The first-order valence-corrected chi connectivity index (χ1v) is 10.9. The number of carbonyl (C=O) groups excluding carboxylic acids is 1. The molecule has 0 saturated heterocycles. The van der Waals surface area contributed by atoms with Crippen molar-refractivity contribution in [3.8, 4) is 11.3 Å². The van der Waals surface area contributed by atoms with E-state index in [1.54, 1.807) is 44.2 Å². The van der Waals surface area contributed by atoms with Gasteiger partial charge in [0.1, 0.15) is 0 Å². The molecule has 2 N–H and O–H groups in total. The molecule has 28 heavy (non-hydrogen) atoms. The molecule has 9 heteroatoms. The number of amides is 1. The molecule has 0 saturated carbocycles. The first kappa shape index (κ1) is 20.2. The number of rotatable bonds is 5. The van der Waals surface area contributed by atoms with Crippen LogP contribution in [0.1, 0.15) is 36.3 Å². The normalized spacial score (nSPS) is 12.1. The van der Waals surface area contributed by atoms with E-state index in [0.717, 1.165) is 16.3 Å². The third kappa shape index (κ3) is 4.86. The largest absolute Gasteiger partial charge is 0.438 e. The van der Waals surface area contributed by atoms with E-state index in [9.17, 15) is 13.2 Å². The lowest BCUT2D eigenvalue weighted by Crippen LogP contribution is -2.40. The van der Waals surface area contributed by atoms with Crippen LogP contribution in [0.15, 0.2) is 51.3 Å². The minimum Gasteiger partial charge on any atom is -0.438 e. The molecular formula is C19H21N3O4S2. The molecule has 3 aromatic rings. The molecule has 0 aliphatic heterocycles. The predicted molar refractivity (Wildman–Crippen MR) is 109 cm³/mol. The second kappa shape index (κ2) is 7.50. The van der Waals surface area contributed by atoms with Gasteiger partial charge in [0.15, 0.2) is 5.76 Å². The average Bonchev–Trinajstić information content (AvgIpc) is 3.22. The molecule has 0 atom stereocenters. The molecule has 0 bridgehead atoms. The molecule has 148 valence electrons. The fourth-order valence-electron chi connectivity index (χ4n) is 2.48. The smallest absolute Gasteiger partial charge is 0.291 e. The number of sulfonamides is 1. The molecule has 2 heterocycles. The summed E-state index contributed by atoms with van der Waals surface area (Å²) in [4.78, 5) is 16.9. The standard InChI is InChI=1S/C19H21N3O4S2/c1-12-20-15(11-27-12)13-6-5-7-14(10-13)21-18(23)16-8-9-17(26-16)28(24,25)22-19(2,3)4/h5-11,22H,1-4H3,(H,21,23). The third-order valence-corrected chi connectivity index (χ3v) is 5.95. The Hall–Kier alpha value is -2.49. The Balaban J connectivity index is 1.77. The van der Waals surface area contributed by atoms with E-state index < -0.39 is 21.5 Å². The summed E-state index contributed by atoms with van der Waals surface area (Å²) >= 11 is 1.55. The number of nitrogens with zero attached hydrogens (tertiary/aromatic N) is 1. The van der Waals surface area contributed by atoms with Gasteiger partial charge in [0.05, 0.1) is 10.7 Å². The Morgan fingerprint density at radius 1 is 1.18 bits per heavy atom. The van der Waals surface area contributed by atoms with Gasteiger partial charge in [0.2, 0.25) is 5.09 Å². The first-order chi connectivity index (χ1) is 13.0. The van der Waals surface area contributed by atoms with E-state index >= 15 is 0 Å². The van der Waals surface area contributed by atoms with Crippen LogP contribution < -0.4 is 10.0 Å². The molecule has 0 aliphatic rings. The van der Waals surface area contributed by atoms with Crippen LogP contribution in [-0.4, -0.2) is 24.8 Å². The highest BCUT2D eigenvalue weighted by molar-refractivity contribution is 7.89. The Labute approximate surface area is 167 Å². The fraction of sp³-hybridized carbons (Fsp3) is 0.263. The topological polar surface area (TPSA) is 101 Å². The number of hydrogen-bond donors (Lipinski definition) is 2. The second-order valence-corrected chi connectivity index (χ2v) is 9.94. The molecule has 0 radical (unpaired) electrons. The highest BCUT2D eigenvalue weighted by Gasteiger charge is 2.26. The summed E-state index contributed by atoms with van der Waals surface area (Å²) in [6.45, 7) is 7.09. The van der Waals surface area contributed by atoms with Gasteiger partial charge < -0.3 is 9.73 Å². The van der Waals surface area contributed by atoms with Crippen LogP contribution >= 0.6 is 11.3 Å². The molecule has 0 aliphatic carbocycles. The van der Waals surface area contributed by atoms with Gasteiger partial charge in [-0.25, -0.2) is 18.1 Å². The van der Waals surface area contributed by atoms with E-state index in [0.29, 0.717) is 5.69 Å². The summed E-state index contributed by atoms with van der Waals surface area (Å²) in [5.41, 5.74) is 1.60. The van der Waals surface area contributed by atoms with Crippen molar-refractivity contribution in [1.82, 2.24) is 9.71 Å². The summed E-state index contributed by atoms with van der Waals surface area (Å²) in [7, 11) is -3.85. The van der Waals surface area contributed by atoms with Gasteiger partial charge >= 0.3 is 0 Å². The van der Waals surface area contributed by atoms with E-state index in [4.69, 9.17) is 4.42 Å². The minimum atomic E-state index is -3.85. The van der Waals surface area contributed by atoms with Gasteiger partial charge in [-0.3, -0.25) is 4.79 Å². The molecule has 1 aromatic carbocycles. The third-order valence-electron chi connectivity index (χ3n) is 3.55. The Kier molecular flexibility index (Phi) is 5.42. The molecule has 0 fully saturated rings. The predicted octanol–water partition coefficient (Wildman–Crippen LogP) is 4.04. The van der Waals surface area contributed by atoms with E-state index in [1.807, 2.05) is 24.4 Å². The number of hydrogen-bond acceptors (Lipinski definition) is 6. The summed E-state index contributed by atoms with van der Waals surface area (Å²) < 4.78 is 32.4. The quantitative estimate of drug-likeness (QED) is 0.650. The maximum absolute atomic E-state index is 12.5. The van der Waals surface area contributed by atoms with Crippen molar-refractivity contribution in [2.75, 3.05) is 5.32 Å². The minimum absolute atomic E-state index is 0.0933. The van der Waals surface area contributed by atoms with Crippen molar-refractivity contribution in [1.29, 1.82) is 0 Å². The molecular weight excluding hydrogens is 398 g/mol. The van der Waals surface area contributed by atoms with Crippen LogP contribution in [-0.2, 0) is 10.0 Å². The van der Waals surface area contributed by atoms with Crippen molar-refractivity contribution in [2.45, 2.75) is 38.3 Å². The van der Waals surface area contributed by atoms with E-state index in [1.165, 1.54) is 12.1 Å². The van der Waals surface area contributed by atoms with Gasteiger partial charge in [0, 0.05) is 22.2 Å². The summed E-state index contributed by atoms with van der Waals surface area (Å²) in [6.07, 6.45) is 0. The van der Waals surface area contributed by atoms with E-state index in [2.05, 4.69) is 15.0 Å². The van der Waals surface area contributed by atoms with Crippen LogP contribution in [0.3, 0.4) is 0 Å². The van der Waals surface area contributed by atoms with Crippen LogP contribution in [0, 0.1) is 6.92 Å². The fourth-order valence-corrected chi connectivity index (χ4v) is 4.46. The summed E-state index contributed by atoms with van der Waals surface area (Å²) in [5.74, 6) is -0.631. The number of furan rings is 1. The van der Waals surface area contributed by atoms with Gasteiger partial charge in [-0.05, 0) is 52.0 Å². The highest BCUT2D eigenvalue weighted by atomic mass is 32.2. The van der Waals surface area contributed by atoms with Gasteiger partial charge in [-0.1, -0.05) is 12.1 Å². The van der Waals surface area contributed by atoms with Gasteiger partial charge in [0.25, 0.3) is 15.9 Å². The summed E-state index contributed by atoms with van der Waals surface area (Å²) in [5, 5.41) is 5.31. The van der Waals surface area contributed by atoms with Crippen molar-refractivity contribution in [2.24, 2.45) is 0 Å². The molecule has 0 spiro atoms. The van der Waals surface area contributed by atoms with Crippen molar-refractivity contribution < 1.29 is 17.6 Å². The Bertz CT molecular complexity index is 1110. The number of benzene rings is 1. The lowest BCUT2D eigenvalue weighted by Gasteiger charge is -2.18. The number of nitrogens with one attached hydrogen (secondary N) is 2. The molecule has 7 nitrogen and oxygen atoms in total. The first-order valence-electron chi connectivity index (χ1n) is 8.51. The zero-order valence-corrected chi connectivity index (χ0v) is 17.6. The number of aryl methyl sites for hydroxylation is 1. The number of anilines is 1. The van der Waals surface area contributed by atoms with Crippen LogP contribution in [0.5, 0.6) is 0 Å². The van der Waals surface area contributed by atoms with E-state index in [-0.39, 0.29) is 10.9 Å². The van der Waals surface area contributed by atoms with Crippen LogP contribution in [0.25, 0.3) is 11.3 Å². The van der Waals surface area contributed by atoms with Gasteiger partial charge in [-0.2, -0.15) is 0 Å². The summed E-state index contributed by atoms with van der Waals surface area (Å²) in [6, 6.07) is 9.85. The van der Waals surface area contributed by atoms with Crippen LogP contribution in [0.2, 0.25) is 0 Å². The monoisotopic (exact) mass is 419 g/mol. The van der Waals surface area contributed by atoms with Crippen LogP contribution in [0.4, 0.5) is 5.69 Å².